The van der Waals surface area contributed by atoms with Gasteiger partial charge < -0.3 is 5.11 Å². The van der Waals surface area contributed by atoms with Crippen molar-refractivity contribution >= 4 is 0 Å². The van der Waals surface area contributed by atoms with Gasteiger partial charge >= 0.3 is 0 Å². The molecule has 0 aromatic carbocycles. The molecule has 0 aromatic heterocycles. The van der Waals surface area contributed by atoms with Crippen LogP contribution >= 0.6 is 0 Å². The van der Waals surface area contributed by atoms with Crippen LogP contribution in [0.25, 0.3) is 0 Å². The van der Waals surface area contributed by atoms with Crippen molar-refractivity contribution in [3.05, 3.63) is 0 Å². The van der Waals surface area contributed by atoms with Crippen LogP contribution < -0.4 is 0 Å². The molecule has 1 saturated carbocycles. The van der Waals surface area contributed by atoms with Crippen molar-refractivity contribution in [1.29, 1.82) is 0 Å². The van der Waals surface area contributed by atoms with Gasteiger partial charge in [0.25, 0.3) is 0 Å². The van der Waals surface area contributed by atoms with E-state index < -0.39 is 0 Å². The van der Waals surface area contributed by atoms with E-state index in [1.807, 2.05) is 0 Å². The first-order valence-corrected chi connectivity index (χ1v) is 7.47. The Morgan fingerprint density at radius 1 is 0.938 bits per heavy atom. The summed E-state index contributed by atoms with van der Waals surface area (Å²) in [5.41, 5.74) is 0. The third kappa shape index (κ3) is 4.45. The molecule has 0 aromatic rings. The van der Waals surface area contributed by atoms with Gasteiger partial charge in [-0.3, -0.25) is 0 Å². The summed E-state index contributed by atoms with van der Waals surface area (Å²) in [4.78, 5) is 0. The number of aliphatic hydroxyl groups is 1. The summed E-state index contributed by atoms with van der Waals surface area (Å²) in [6, 6.07) is 0. The molecule has 1 rings (SSSR count). The third-order valence-electron chi connectivity index (χ3n) is 4.18. The zero-order chi connectivity index (χ0) is 11.8. The molecule has 1 aliphatic carbocycles. The highest BCUT2D eigenvalue weighted by atomic mass is 16.3. The molecule has 1 aliphatic rings. The van der Waals surface area contributed by atoms with Crippen molar-refractivity contribution in [3.8, 4) is 0 Å². The average Bonchev–Trinajstić information content (AvgIpc) is 2.56. The van der Waals surface area contributed by atoms with Gasteiger partial charge in [-0.1, -0.05) is 52.4 Å². The first-order valence-electron chi connectivity index (χ1n) is 7.47. The van der Waals surface area contributed by atoms with Gasteiger partial charge in [-0.2, -0.15) is 0 Å². The zero-order valence-electron chi connectivity index (χ0n) is 11.3. The van der Waals surface area contributed by atoms with Gasteiger partial charge in [-0.25, -0.2) is 0 Å². The minimum absolute atomic E-state index is 0.0157. The summed E-state index contributed by atoms with van der Waals surface area (Å²) < 4.78 is 0. The molecule has 0 bridgehead atoms. The predicted octanol–water partition coefficient (Wildman–Crippen LogP) is 4.53. The van der Waals surface area contributed by atoms with E-state index >= 15 is 0 Å². The van der Waals surface area contributed by atoms with Crippen LogP contribution in [0.2, 0.25) is 0 Å². The van der Waals surface area contributed by atoms with E-state index in [4.69, 9.17) is 0 Å². The zero-order valence-corrected chi connectivity index (χ0v) is 11.3. The number of hydrogen-bond donors (Lipinski definition) is 1. The molecule has 1 heteroatoms. The predicted molar refractivity (Wildman–Crippen MR) is 70.5 cm³/mol. The van der Waals surface area contributed by atoms with E-state index in [0.29, 0.717) is 11.8 Å². The molecule has 0 saturated heterocycles. The van der Waals surface area contributed by atoms with Crippen LogP contribution in [0, 0.1) is 11.8 Å². The van der Waals surface area contributed by atoms with Gasteiger partial charge in [0.2, 0.25) is 0 Å². The van der Waals surface area contributed by atoms with E-state index in [1.54, 1.807) is 0 Å². The Labute approximate surface area is 102 Å². The molecule has 1 N–H and O–H groups in total. The quantitative estimate of drug-likeness (QED) is 0.660. The highest BCUT2D eigenvalue weighted by Crippen LogP contribution is 2.31. The summed E-state index contributed by atoms with van der Waals surface area (Å²) in [7, 11) is 0. The smallest absolute Gasteiger partial charge is 0.0596 e. The maximum Gasteiger partial charge on any atom is 0.0596 e. The van der Waals surface area contributed by atoms with Crippen LogP contribution in [0.15, 0.2) is 0 Å². The number of aliphatic hydroxyl groups excluding tert-OH is 1. The molecule has 1 unspecified atom stereocenters. The van der Waals surface area contributed by atoms with E-state index in [1.165, 1.54) is 64.2 Å². The van der Waals surface area contributed by atoms with Gasteiger partial charge in [0.15, 0.2) is 0 Å². The Morgan fingerprint density at radius 3 is 1.88 bits per heavy atom. The first-order chi connectivity index (χ1) is 7.79. The minimum atomic E-state index is -0.0157. The van der Waals surface area contributed by atoms with Crippen LogP contribution in [0.1, 0.15) is 78.1 Å². The van der Waals surface area contributed by atoms with Crippen molar-refractivity contribution in [2.75, 3.05) is 0 Å². The average molecular weight is 226 g/mol. The lowest BCUT2D eigenvalue weighted by molar-refractivity contribution is 0.0350. The maximum atomic E-state index is 10.5. The standard InChI is InChI=1S/C15H30O/c1-3-9-13(10-4-2)15(16)14-11-7-5-6-8-12-14/h13-16H,3-12H2,1-2H3. The number of hydrogen-bond acceptors (Lipinski definition) is 1. The summed E-state index contributed by atoms with van der Waals surface area (Å²) in [6.07, 6.45) is 12.8. The normalized spacial score (nSPS) is 21.0. The van der Waals surface area contributed by atoms with Crippen LogP contribution in [-0.2, 0) is 0 Å². The molecule has 1 nitrogen and oxygen atoms in total. The molecule has 1 atom stereocenters. The molecule has 0 aliphatic heterocycles. The summed E-state index contributed by atoms with van der Waals surface area (Å²) in [6.45, 7) is 4.48. The largest absolute Gasteiger partial charge is 0.393 e. The lowest BCUT2D eigenvalue weighted by Crippen LogP contribution is -2.29. The lowest BCUT2D eigenvalue weighted by Gasteiger charge is -2.29. The van der Waals surface area contributed by atoms with Gasteiger partial charge in [0.1, 0.15) is 0 Å². The molecule has 0 heterocycles. The van der Waals surface area contributed by atoms with Gasteiger partial charge in [0, 0.05) is 0 Å². The van der Waals surface area contributed by atoms with Crippen LogP contribution in [-0.4, -0.2) is 11.2 Å². The summed E-state index contributed by atoms with van der Waals surface area (Å²) in [5.74, 6) is 1.17. The fraction of sp³-hybridized carbons (Fsp3) is 1.00. The van der Waals surface area contributed by atoms with Crippen molar-refractivity contribution < 1.29 is 5.11 Å². The lowest BCUT2D eigenvalue weighted by atomic mass is 9.81. The molecule has 0 radical (unpaired) electrons. The van der Waals surface area contributed by atoms with E-state index in [2.05, 4.69) is 13.8 Å². The monoisotopic (exact) mass is 226 g/mol. The SMILES string of the molecule is CCCC(CCC)C(O)C1CCCCCC1. The van der Waals surface area contributed by atoms with Crippen LogP contribution in [0.3, 0.4) is 0 Å². The van der Waals surface area contributed by atoms with E-state index in [0.717, 1.165) is 0 Å². The second-order valence-corrected chi connectivity index (χ2v) is 5.58. The molecule has 96 valence electrons. The molecule has 1 fully saturated rings. The first kappa shape index (κ1) is 14.0. The van der Waals surface area contributed by atoms with Crippen LogP contribution in [0.5, 0.6) is 0 Å². The fourth-order valence-electron chi connectivity index (χ4n) is 3.26. The Morgan fingerprint density at radius 2 is 1.44 bits per heavy atom. The number of rotatable bonds is 6. The second-order valence-electron chi connectivity index (χ2n) is 5.58. The fourth-order valence-corrected chi connectivity index (χ4v) is 3.26. The molecular formula is C15H30O. The minimum Gasteiger partial charge on any atom is -0.393 e. The van der Waals surface area contributed by atoms with Crippen molar-refractivity contribution in [3.63, 3.8) is 0 Å². The third-order valence-corrected chi connectivity index (χ3v) is 4.18. The Hall–Kier alpha value is -0.0400. The summed E-state index contributed by atoms with van der Waals surface area (Å²) in [5, 5.41) is 10.5. The topological polar surface area (TPSA) is 20.2 Å². The maximum absolute atomic E-state index is 10.5. The Balaban J connectivity index is 2.46. The van der Waals surface area contributed by atoms with Crippen LogP contribution in [0.4, 0.5) is 0 Å². The Bertz CT molecular complexity index is 151. The van der Waals surface area contributed by atoms with Gasteiger partial charge in [-0.15, -0.1) is 0 Å². The van der Waals surface area contributed by atoms with E-state index in [9.17, 15) is 5.11 Å². The van der Waals surface area contributed by atoms with Gasteiger partial charge in [-0.05, 0) is 37.5 Å². The van der Waals surface area contributed by atoms with Crippen molar-refractivity contribution in [2.24, 2.45) is 11.8 Å². The van der Waals surface area contributed by atoms with E-state index in [-0.39, 0.29) is 6.10 Å². The highest BCUT2D eigenvalue weighted by Gasteiger charge is 2.26. The second kappa shape index (κ2) is 8.11. The molecular weight excluding hydrogens is 196 g/mol. The highest BCUT2D eigenvalue weighted by molar-refractivity contribution is 4.78. The van der Waals surface area contributed by atoms with Crippen molar-refractivity contribution in [1.82, 2.24) is 0 Å². The molecule has 16 heavy (non-hydrogen) atoms. The van der Waals surface area contributed by atoms with Crippen molar-refractivity contribution in [2.45, 2.75) is 84.2 Å². The molecule has 0 amide bonds. The summed E-state index contributed by atoms with van der Waals surface area (Å²) >= 11 is 0. The Kier molecular flexibility index (Phi) is 7.11. The van der Waals surface area contributed by atoms with Gasteiger partial charge in [0.05, 0.1) is 6.10 Å². The molecule has 0 spiro atoms.